The van der Waals surface area contributed by atoms with Gasteiger partial charge in [-0.3, -0.25) is 14.5 Å². The second-order valence-electron chi connectivity index (χ2n) is 5.40. The third kappa shape index (κ3) is 4.76. The number of carboxylic acid groups (broad SMARTS) is 1. The number of carbonyl (C=O) groups is 2. The topological polar surface area (TPSA) is 78.9 Å². The van der Waals surface area contributed by atoms with Crippen molar-refractivity contribution in [3.63, 3.8) is 0 Å². The lowest BCUT2D eigenvalue weighted by Gasteiger charge is -2.29. The van der Waals surface area contributed by atoms with Crippen molar-refractivity contribution in [2.24, 2.45) is 5.92 Å². The molecule has 3 atom stereocenters. The molecular formula is C14H26N2O4. The number of hydrogen-bond donors (Lipinski definition) is 2. The minimum atomic E-state index is -0.851. The molecule has 0 aliphatic carbocycles. The molecule has 0 aromatic rings. The number of nitrogens with one attached hydrogen (secondary N) is 1. The van der Waals surface area contributed by atoms with E-state index in [1.54, 1.807) is 0 Å². The molecule has 0 bridgehead atoms. The molecule has 20 heavy (non-hydrogen) atoms. The van der Waals surface area contributed by atoms with E-state index in [-0.39, 0.29) is 31.1 Å². The van der Waals surface area contributed by atoms with Crippen molar-refractivity contribution in [1.82, 2.24) is 10.2 Å². The molecule has 0 spiro atoms. The normalized spacial score (nSPS) is 23.8. The van der Waals surface area contributed by atoms with Gasteiger partial charge < -0.3 is 15.2 Å². The molecule has 6 nitrogen and oxygen atoms in total. The van der Waals surface area contributed by atoms with Crippen LogP contribution in [0.15, 0.2) is 0 Å². The van der Waals surface area contributed by atoms with E-state index in [0.29, 0.717) is 13.2 Å². The summed E-state index contributed by atoms with van der Waals surface area (Å²) in [6.07, 6.45) is 1.75. The molecule has 0 aromatic heterocycles. The van der Waals surface area contributed by atoms with Crippen LogP contribution in [0.3, 0.4) is 0 Å². The standard InChI is InChI=1S/C14H26N2O4/c1-4-6-16(7-13(17)15-10(3)5-2)12-9-20-8-11(12)14(18)19/h10-12H,4-9H2,1-3H3,(H,15,17)(H,18,19). The highest BCUT2D eigenvalue weighted by molar-refractivity contribution is 5.78. The summed E-state index contributed by atoms with van der Waals surface area (Å²) in [4.78, 5) is 25.1. The quantitative estimate of drug-likeness (QED) is 0.687. The van der Waals surface area contributed by atoms with E-state index in [2.05, 4.69) is 5.32 Å². The molecule has 0 radical (unpaired) electrons. The van der Waals surface area contributed by atoms with Gasteiger partial charge in [-0.05, 0) is 26.3 Å². The summed E-state index contributed by atoms with van der Waals surface area (Å²) in [5, 5.41) is 12.1. The summed E-state index contributed by atoms with van der Waals surface area (Å²) in [6, 6.07) is -0.0730. The molecule has 3 unspecified atom stereocenters. The molecule has 1 heterocycles. The van der Waals surface area contributed by atoms with E-state index in [1.165, 1.54) is 0 Å². The number of carboxylic acids is 1. The van der Waals surface area contributed by atoms with Gasteiger partial charge in [-0.25, -0.2) is 0 Å². The van der Waals surface area contributed by atoms with Crippen LogP contribution in [0.2, 0.25) is 0 Å². The predicted octanol–water partition coefficient (Wildman–Crippen LogP) is 0.713. The van der Waals surface area contributed by atoms with Gasteiger partial charge in [-0.1, -0.05) is 13.8 Å². The summed E-state index contributed by atoms with van der Waals surface area (Å²) >= 11 is 0. The van der Waals surface area contributed by atoms with Crippen LogP contribution in [0, 0.1) is 5.92 Å². The van der Waals surface area contributed by atoms with Gasteiger partial charge in [0.15, 0.2) is 0 Å². The highest BCUT2D eigenvalue weighted by Crippen LogP contribution is 2.20. The van der Waals surface area contributed by atoms with Gasteiger partial charge in [0.05, 0.1) is 25.7 Å². The summed E-state index contributed by atoms with van der Waals surface area (Å²) in [5.41, 5.74) is 0. The van der Waals surface area contributed by atoms with Gasteiger partial charge in [-0.2, -0.15) is 0 Å². The molecule has 1 saturated heterocycles. The Morgan fingerprint density at radius 3 is 2.65 bits per heavy atom. The molecule has 1 aliphatic rings. The minimum Gasteiger partial charge on any atom is -0.481 e. The molecule has 1 amide bonds. The maximum atomic E-state index is 12.0. The predicted molar refractivity (Wildman–Crippen MR) is 75.5 cm³/mol. The number of hydrogen-bond acceptors (Lipinski definition) is 4. The van der Waals surface area contributed by atoms with Crippen LogP contribution < -0.4 is 5.32 Å². The molecule has 2 N–H and O–H groups in total. The molecule has 1 fully saturated rings. The van der Waals surface area contributed by atoms with E-state index in [1.807, 2.05) is 25.7 Å². The van der Waals surface area contributed by atoms with Gasteiger partial charge in [0.2, 0.25) is 5.91 Å². The van der Waals surface area contributed by atoms with Crippen molar-refractivity contribution >= 4 is 11.9 Å². The highest BCUT2D eigenvalue weighted by Gasteiger charge is 2.38. The summed E-state index contributed by atoms with van der Waals surface area (Å²) in [5.74, 6) is -1.45. The zero-order chi connectivity index (χ0) is 15.1. The monoisotopic (exact) mass is 286 g/mol. The van der Waals surface area contributed by atoms with Gasteiger partial charge in [0.25, 0.3) is 0 Å². The Kier molecular flexibility index (Phi) is 6.95. The fourth-order valence-corrected chi connectivity index (χ4v) is 2.40. The summed E-state index contributed by atoms with van der Waals surface area (Å²) in [7, 11) is 0. The molecular weight excluding hydrogens is 260 g/mol. The third-order valence-corrected chi connectivity index (χ3v) is 3.71. The first-order valence-corrected chi connectivity index (χ1v) is 7.33. The molecule has 6 heteroatoms. The maximum absolute atomic E-state index is 12.0. The Labute approximate surface area is 120 Å². The Morgan fingerprint density at radius 2 is 2.10 bits per heavy atom. The lowest BCUT2D eigenvalue weighted by Crippen LogP contribution is -2.49. The number of ether oxygens (including phenoxy) is 1. The molecule has 1 aliphatic heterocycles. The van der Waals surface area contributed by atoms with E-state index >= 15 is 0 Å². The Hall–Kier alpha value is -1.14. The van der Waals surface area contributed by atoms with Crippen LogP contribution in [0.5, 0.6) is 0 Å². The largest absolute Gasteiger partial charge is 0.481 e. The Bertz CT molecular complexity index is 335. The Morgan fingerprint density at radius 1 is 1.40 bits per heavy atom. The van der Waals surface area contributed by atoms with Gasteiger partial charge >= 0.3 is 5.97 Å². The number of amides is 1. The van der Waals surface area contributed by atoms with Crippen LogP contribution in [0.25, 0.3) is 0 Å². The molecule has 0 aromatic carbocycles. The van der Waals surface area contributed by atoms with Crippen LogP contribution in [-0.2, 0) is 14.3 Å². The van der Waals surface area contributed by atoms with E-state index < -0.39 is 11.9 Å². The number of aliphatic carboxylic acids is 1. The number of rotatable bonds is 8. The maximum Gasteiger partial charge on any atom is 0.310 e. The van der Waals surface area contributed by atoms with E-state index in [4.69, 9.17) is 4.74 Å². The van der Waals surface area contributed by atoms with Crippen molar-refractivity contribution in [2.45, 2.75) is 45.7 Å². The molecule has 116 valence electrons. The smallest absolute Gasteiger partial charge is 0.310 e. The zero-order valence-electron chi connectivity index (χ0n) is 12.6. The van der Waals surface area contributed by atoms with Gasteiger partial charge in [0, 0.05) is 12.1 Å². The first-order chi connectivity index (χ1) is 9.49. The van der Waals surface area contributed by atoms with Crippen molar-refractivity contribution in [3.8, 4) is 0 Å². The van der Waals surface area contributed by atoms with Crippen LogP contribution >= 0.6 is 0 Å². The van der Waals surface area contributed by atoms with Gasteiger partial charge in [-0.15, -0.1) is 0 Å². The van der Waals surface area contributed by atoms with E-state index in [0.717, 1.165) is 12.8 Å². The van der Waals surface area contributed by atoms with Crippen molar-refractivity contribution in [1.29, 1.82) is 0 Å². The number of carbonyl (C=O) groups excluding carboxylic acids is 1. The summed E-state index contributed by atoms with van der Waals surface area (Å²) < 4.78 is 5.29. The first kappa shape index (κ1) is 16.9. The van der Waals surface area contributed by atoms with E-state index in [9.17, 15) is 14.7 Å². The van der Waals surface area contributed by atoms with Crippen LogP contribution in [-0.4, -0.2) is 60.3 Å². The average molecular weight is 286 g/mol. The fourth-order valence-electron chi connectivity index (χ4n) is 2.40. The van der Waals surface area contributed by atoms with Crippen molar-refractivity contribution in [2.75, 3.05) is 26.3 Å². The van der Waals surface area contributed by atoms with Crippen LogP contribution in [0.4, 0.5) is 0 Å². The second kappa shape index (κ2) is 8.21. The molecule has 0 saturated carbocycles. The average Bonchev–Trinajstić information content (AvgIpc) is 2.87. The summed E-state index contributed by atoms with van der Waals surface area (Å²) in [6.45, 7) is 7.54. The third-order valence-electron chi connectivity index (χ3n) is 3.71. The lowest BCUT2D eigenvalue weighted by molar-refractivity contribution is -0.143. The first-order valence-electron chi connectivity index (χ1n) is 7.33. The second-order valence-corrected chi connectivity index (χ2v) is 5.40. The van der Waals surface area contributed by atoms with Gasteiger partial charge in [0.1, 0.15) is 0 Å². The lowest BCUT2D eigenvalue weighted by atomic mass is 10.0. The SMILES string of the molecule is CCCN(CC(=O)NC(C)CC)C1COCC1C(=O)O. The fraction of sp³-hybridized carbons (Fsp3) is 0.857. The molecule has 1 rings (SSSR count). The van der Waals surface area contributed by atoms with Crippen LogP contribution in [0.1, 0.15) is 33.6 Å². The van der Waals surface area contributed by atoms with Crippen molar-refractivity contribution in [3.05, 3.63) is 0 Å². The highest BCUT2D eigenvalue weighted by atomic mass is 16.5. The zero-order valence-corrected chi connectivity index (χ0v) is 12.6. The minimum absolute atomic E-state index is 0.0520. The van der Waals surface area contributed by atoms with Crippen molar-refractivity contribution < 1.29 is 19.4 Å². The number of nitrogens with zero attached hydrogens (tertiary/aromatic N) is 1. The Balaban J connectivity index is 2.63.